The summed E-state index contributed by atoms with van der Waals surface area (Å²) in [5.41, 5.74) is -0.816. The zero-order valence-electron chi connectivity index (χ0n) is 8.99. The van der Waals surface area contributed by atoms with Crippen LogP contribution in [0.4, 0.5) is 4.79 Å². The van der Waals surface area contributed by atoms with Crippen LogP contribution in [-0.4, -0.2) is 40.6 Å². The number of nitrogens with zero attached hydrogens (tertiary/aromatic N) is 1. The third-order valence-corrected chi connectivity index (χ3v) is 2.18. The molecule has 0 aromatic rings. The summed E-state index contributed by atoms with van der Waals surface area (Å²) >= 11 is 4.71. The van der Waals surface area contributed by atoms with Crippen LogP contribution in [0.2, 0.25) is 0 Å². The molecule has 1 fully saturated rings. The van der Waals surface area contributed by atoms with E-state index in [9.17, 15) is 9.59 Å². The third-order valence-electron chi connectivity index (χ3n) is 2.06. The summed E-state index contributed by atoms with van der Waals surface area (Å²) in [4.78, 5) is 24.2. The number of hydrogen-bond donors (Lipinski definition) is 1. The molecule has 0 spiro atoms. The molecule has 1 rings (SSSR count). The van der Waals surface area contributed by atoms with Crippen molar-refractivity contribution in [3.05, 3.63) is 0 Å². The molecular formula is C9H14N2O3S. The van der Waals surface area contributed by atoms with Crippen molar-refractivity contribution in [2.24, 2.45) is 0 Å². The Balaban J connectivity index is 2.52. The van der Waals surface area contributed by atoms with Crippen molar-refractivity contribution in [1.29, 1.82) is 0 Å². The summed E-state index contributed by atoms with van der Waals surface area (Å²) in [6.07, 6.45) is 0. The fraction of sp³-hybridized carbons (Fsp3) is 0.667. The van der Waals surface area contributed by atoms with E-state index in [0.29, 0.717) is 5.05 Å². The van der Waals surface area contributed by atoms with Crippen molar-refractivity contribution in [2.45, 2.75) is 26.3 Å². The summed E-state index contributed by atoms with van der Waals surface area (Å²) in [7, 11) is 0. The fourth-order valence-electron chi connectivity index (χ4n) is 1.30. The number of nitrogens with one attached hydrogen (secondary N) is 1. The highest BCUT2D eigenvalue weighted by Gasteiger charge is 2.43. The topological polar surface area (TPSA) is 58.6 Å². The van der Waals surface area contributed by atoms with Crippen molar-refractivity contribution in [3.63, 3.8) is 0 Å². The van der Waals surface area contributed by atoms with Crippen LogP contribution >= 0.6 is 12.2 Å². The molecule has 1 N–H and O–H groups in total. The molecule has 0 aromatic heterocycles. The first kappa shape index (κ1) is 11.9. The summed E-state index contributed by atoms with van der Waals surface area (Å²) in [5.74, 6) is -0.238. The molecule has 3 amide bonds. The first-order valence-electron chi connectivity index (χ1n) is 4.62. The lowest BCUT2D eigenvalue weighted by atomic mass is 10.1. The second kappa shape index (κ2) is 4.14. The van der Waals surface area contributed by atoms with E-state index in [1.807, 2.05) is 0 Å². The van der Waals surface area contributed by atoms with Crippen LogP contribution in [0.25, 0.3) is 0 Å². The van der Waals surface area contributed by atoms with Gasteiger partial charge < -0.3 is 10.1 Å². The van der Waals surface area contributed by atoms with Gasteiger partial charge in [0.1, 0.15) is 12.1 Å². The average Bonchev–Trinajstić information content (AvgIpc) is 2.26. The number of urea groups is 1. The second-order valence-electron chi connectivity index (χ2n) is 3.85. The number of ether oxygens (including phenoxy) is 1. The van der Waals surface area contributed by atoms with E-state index in [-0.39, 0.29) is 25.1 Å². The van der Waals surface area contributed by atoms with Crippen LogP contribution in [0.3, 0.4) is 0 Å². The molecule has 0 radical (unpaired) electrons. The number of thiocarbonyl (C=S) groups is 1. The lowest BCUT2D eigenvalue weighted by molar-refractivity contribution is -0.130. The van der Waals surface area contributed by atoms with Crippen LogP contribution in [0.5, 0.6) is 0 Å². The number of amides is 3. The van der Waals surface area contributed by atoms with Crippen molar-refractivity contribution in [3.8, 4) is 0 Å². The minimum absolute atomic E-state index is 0.224. The van der Waals surface area contributed by atoms with Crippen LogP contribution in [0.1, 0.15) is 20.8 Å². The standard InChI is InChI=1S/C9H14N2O3S/c1-6(15)14-5-4-11-7(12)9(2,3)10-8(11)13/h4-5H2,1-3H3,(H,10,13). The zero-order chi connectivity index (χ0) is 11.6. The second-order valence-corrected chi connectivity index (χ2v) is 4.43. The number of hydrogen-bond acceptors (Lipinski definition) is 4. The normalized spacial score (nSPS) is 19.0. The van der Waals surface area contributed by atoms with Gasteiger partial charge in [-0.05, 0) is 26.1 Å². The maximum Gasteiger partial charge on any atom is 0.325 e. The molecule has 0 bridgehead atoms. The van der Waals surface area contributed by atoms with E-state index >= 15 is 0 Å². The van der Waals surface area contributed by atoms with Crippen molar-refractivity contribution < 1.29 is 14.3 Å². The molecule has 1 heterocycles. The van der Waals surface area contributed by atoms with E-state index in [2.05, 4.69) is 5.32 Å². The quantitative estimate of drug-likeness (QED) is 0.572. The number of rotatable bonds is 3. The predicted molar refractivity (Wildman–Crippen MR) is 58.5 cm³/mol. The van der Waals surface area contributed by atoms with Gasteiger partial charge in [0.15, 0.2) is 5.05 Å². The lowest BCUT2D eigenvalue weighted by Crippen LogP contribution is -2.40. The molecule has 6 heteroatoms. The third kappa shape index (κ3) is 2.65. The van der Waals surface area contributed by atoms with Gasteiger partial charge in [-0.25, -0.2) is 4.79 Å². The highest BCUT2D eigenvalue weighted by molar-refractivity contribution is 7.80. The minimum Gasteiger partial charge on any atom is -0.485 e. The maximum atomic E-state index is 11.7. The zero-order valence-corrected chi connectivity index (χ0v) is 9.81. The Morgan fingerprint density at radius 3 is 2.53 bits per heavy atom. The van der Waals surface area contributed by atoms with Crippen molar-refractivity contribution in [2.75, 3.05) is 13.2 Å². The first-order valence-corrected chi connectivity index (χ1v) is 5.03. The molecule has 0 aliphatic carbocycles. The average molecular weight is 230 g/mol. The molecule has 84 valence electrons. The van der Waals surface area contributed by atoms with E-state index in [4.69, 9.17) is 17.0 Å². The van der Waals surface area contributed by atoms with Gasteiger partial charge in [-0.2, -0.15) is 0 Å². The number of carbonyl (C=O) groups is 2. The minimum atomic E-state index is -0.816. The van der Waals surface area contributed by atoms with E-state index in [1.165, 1.54) is 0 Å². The van der Waals surface area contributed by atoms with Gasteiger partial charge in [0.25, 0.3) is 5.91 Å². The summed E-state index contributed by atoms with van der Waals surface area (Å²) in [5, 5.41) is 2.98. The van der Waals surface area contributed by atoms with Gasteiger partial charge in [0, 0.05) is 6.92 Å². The number of imide groups is 1. The largest absolute Gasteiger partial charge is 0.485 e. The van der Waals surface area contributed by atoms with E-state index in [1.54, 1.807) is 20.8 Å². The molecule has 1 aliphatic heterocycles. The Hall–Kier alpha value is -1.17. The summed E-state index contributed by atoms with van der Waals surface area (Å²) in [6.45, 7) is 5.44. The van der Waals surface area contributed by atoms with E-state index < -0.39 is 5.54 Å². The SMILES string of the molecule is CC(=S)OCCN1C(=O)NC(C)(C)C1=O. The van der Waals surface area contributed by atoms with E-state index in [0.717, 1.165) is 4.90 Å². The van der Waals surface area contributed by atoms with Crippen molar-refractivity contribution >= 4 is 29.2 Å². The molecule has 0 aromatic carbocycles. The van der Waals surface area contributed by atoms with Gasteiger partial charge in [-0.1, -0.05) is 0 Å². The van der Waals surface area contributed by atoms with Gasteiger partial charge in [0.2, 0.25) is 0 Å². The molecule has 5 nitrogen and oxygen atoms in total. The maximum absolute atomic E-state index is 11.7. The Morgan fingerprint density at radius 2 is 2.13 bits per heavy atom. The lowest BCUT2D eigenvalue weighted by Gasteiger charge is -2.15. The van der Waals surface area contributed by atoms with Gasteiger partial charge in [0.05, 0.1) is 6.54 Å². The molecule has 0 saturated carbocycles. The molecule has 0 atom stereocenters. The highest BCUT2D eigenvalue weighted by Crippen LogP contribution is 2.15. The monoisotopic (exact) mass is 230 g/mol. The van der Waals surface area contributed by atoms with Crippen LogP contribution < -0.4 is 5.32 Å². The summed E-state index contributed by atoms with van der Waals surface area (Å²) in [6, 6.07) is -0.379. The Morgan fingerprint density at radius 1 is 1.53 bits per heavy atom. The van der Waals surface area contributed by atoms with Gasteiger partial charge in [-0.3, -0.25) is 9.69 Å². The fourth-order valence-corrected chi connectivity index (χ4v) is 1.38. The van der Waals surface area contributed by atoms with Gasteiger partial charge in [-0.15, -0.1) is 0 Å². The Labute approximate surface area is 93.8 Å². The Bertz CT molecular complexity index is 314. The Kier molecular flexibility index (Phi) is 3.28. The first-order chi connectivity index (χ1) is 6.84. The molecule has 15 heavy (non-hydrogen) atoms. The smallest absolute Gasteiger partial charge is 0.325 e. The number of carbonyl (C=O) groups excluding carboxylic acids is 2. The predicted octanol–water partition coefficient (Wildman–Crippen LogP) is 0.681. The molecule has 1 saturated heterocycles. The van der Waals surface area contributed by atoms with Gasteiger partial charge >= 0.3 is 6.03 Å². The summed E-state index contributed by atoms with van der Waals surface area (Å²) < 4.78 is 5.03. The molecule has 1 aliphatic rings. The van der Waals surface area contributed by atoms with Crippen LogP contribution in [0, 0.1) is 0 Å². The van der Waals surface area contributed by atoms with Crippen molar-refractivity contribution in [1.82, 2.24) is 10.2 Å². The van der Waals surface area contributed by atoms with Crippen LogP contribution in [-0.2, 0) is 9.53 Å². The highest BCUT2D eigenvalue weighted by atomic mass is 32.1. The van der Waals surface area contributed by atoms with Crippen LogP contribution in [0.15, 0.2) is 0 Å². The molecule has 0 unspecified atom stereocenters. The molecular weight excluding hydrogens is 216 g/mol.